The van der Waals surface area contributed by atoms with Crippen LogP contribution in [0.3, 0.4) is 0 Å². The molecule has 0 aliphatic carbocycles. The lowest BCUT2D eigenvalue weighted by atomic mass is 10.1. The molecular weight excluding hydrogens is 275 g/mol. The summed E-state index contributed by atoms with van der Waals surface area (Å²) in [6, 6.07) is 5.60. The van der Waals surface area contributed by atoms with Crippen LogP contribution in [-0.2, 0) is 0 Å². The number of benzene rings is 1. The lowest BCUT2D eigenvalue weighted by Gasteiger charge is -2.01. The van der Waals surface area contributed by atoms with Crippen LogP contribution in [0.4, 0.5) is 0 Å². The molecule has 3 aromatic rings. The Morgan fingerprint density at radius 3 is 2.82 bits per heavy atom. The second-order valence-electron chi connectivity index (χ2n) is 3.52. The number of aromatic nitrogens is 2. The predicted octanol–water partition coefficient (Wildman–Crippen LogP) is 4.67. The van der Waals surface area contributed by atoms with Gasteiger partial charge in [-0.1, -0.05) is 29.3 Å². The highest BCUT2D eigenvalue weighted by Gasteiger charge is 2.08. The van der Waals surface area contributed by atoms with Crippen molar-refractivity contribution in [3.05, 3.63) is 46.1 Å². The van der Waals surface area contributed by atoms with E-state index in [2.05, 4.69) is 15.3 Å². The van der Waals surface area contributed by atoms with Crippen molar-refractivity contribution in [1.82, 2.24) is 9.97 Å². The van der Waals surface area contributed by atoms with Crippen molar-refractivity contribution in [2.45, 2.75) is 0 Å². The summed E-state index contributed by atoms with van der Waals surface area (Å²) in [6.07, 6.45) is 3.37. The molecule has 0 unspecified atom stereocenters. The Balaban J connectivity index is 2.24. The molecule has 0 radical (unpaired) electrons. The van der Waals surface area contributed by atoms with Crippen LogP contribution in [0, 0.1) is 0 Å². The van der Waals surface area contributed by atoms with Crippen molar-refractivity contribution in [3.8, 4) is 11.1 Å². The van der Waals surface area contributed by atoms with Crippen molar-refractivity contribution in [2.24, 2.45) is 0 Å². The van der Waals surface area contributed by atoms with E-state index in [9.17, 15) is 0 Å². The van der Waals surface area contributed by atoms with E-state index in [1.54, 1.807) is 23.7 Å². The highest BCUT2D eigenvalue weighted by Crippen LogP contribution is 2.35. The van der Waals surface area contributed by atoms with Gasteiger partial charge >= 0.3 is 0 Å². The molecule has 0 bridgehead atoms. The van der Waals surface area contributed by atoms with Gasteiger partial charge in [0.05, 0.1) is 10.0 Å². The van der Waals surface area contributed by atoms with Gasteiger partial charge in [-0.05, 0) is 17.7 Å². The Labute approximate surface area is 112 Å². The number of hydrogen-bond donors (Lipinski definition) is 0. The summed E-state index contributed by atoms with van der Waals surface area (Å²) in [6.45, 7) is 0. The maximum absolute atomic E-state index is 6.02. The fraction of sp³-hybridized carbons (Fsp3) is 0. The van der Waals surface area contributed by atoms with E-state index in [1.165, 1.54) is 0 Å². The minimum absolute atomic E-state index is 0.556. The minimum Gasteiger partial charge on any atom is -0.244 e. The van der Waals surface area contributed by atoms with Gasteiger partial charge in [0.2, 0.25) is 0 Å². The molecule has 2 aromatic heterocycles. The molecule has 5 heteroatoms. The first kappa shape index (κ1) is 11.0. The molecule has 0 saturated carbocycles. The van der Waals surface area contributed by atoms with E-state index in [0.29, 0.717) is 10.0 Å². The molecule has 0 fully saturated rings. The normalized spacial score (nSPS) is 10.9. The first-order valence-corrected chi connectivity index (χ1v) is 6.52. The van der Waals surface area contributed by atoms with Crippen molar-refractivity contribution in [1.29, 1.82) is 0 Å². The zero-order valence-electron chi connectivity index (χ0n) is 8.52. The van der Waals surface area contributed by atoms with Crippen LogP contribution in [0.1, 0.15) is 0 Å². The van der Waals surface area contributed by atoms with Gasteiger partial charge in [0.25, 0.3) is 0 Å². The molecule has 0 saturated heterocycles. The molecular formula is C12H6Cl2N2S. The van der Waals surface area contributed by atoms with Gasteiger partial charge in [0, 0.05) is 22.5 Å². The average molecular weight is 281 g/mol. The van der Waals surface area contributed by atoms with Crippen molar-refractivity contribution in [3.63, 3.8) is 0 Å². The predicted molar refractivity (Wildman–Crippen MR) is 72.9 cm³/mol. The third-order valence-electron chi connectivity index (χ3n) is 2.48. The molecule has 1 aromatic carbocycles. The van der Waals surface area contributed by atoms with Crippen molar-refractivity contribution >= 4 is 44.8 Å². The number of hydrogen-bond acceptors (Lipinski definition) is 3. The molecule has 0 atom stereocenters. The SMILES string of the molecule is Clc1ccc(-c2csc3ncncc23)cc1Cl. The smallest absolute Gasteiger partial charge is 0.127 e. The first-order valence-electron chi connectivity index (χ1n) is 4.88. The third-order valence-corrected chi connectivity index (χ3v) is 4.13. The van der Waals surface area contributed by atoms with Gasteiger partial charge in [-0.25, -0.2) is 9.97 Å². The highest BCUT2D eigenvalue weighted by molar-refractivity contribution is 7.17. The third kappa shape index (κ3) is 1.90. The second kappa shape index (κ2) is 4.26. The lowest BCUT2D eigenvalue weighted by molar-refractivity contribution is 1.23. The molecule has 3 rings (SSSR count). The zero-order valence-corrected chi connectivity index (χ0v) is 10.9. The maximum atomic E-state index is 6.02. The summed E-state index contributed by atoms with van der Waals surface area (Å²) in [5.74, 6) is 0. The summed E-state index contributed by atoms with van der Waals surface area (Å²) in [5, 5.41) is 4.21. The Morgan fingerprint density at radius 2 is 2.00 bits per heavy atom. The first-order chi connectivity index (χ1) is 8.25. The summed E-state index contributed by atoms with van der Waals surface area (Å²) in [7, 11) is 0. The van der Waals surface area contributed by atoms with E-state index in [4.69, 9.17) is 23.2 Å². The fourth-order valence-electron chi connectivity index (χ4n) is 1.66. The van der Waals surface area contributed by atoms with Gasteiger partial charge in [0.15, 0.2) is 0 Å². The lowest BCUT2D eigenvalue weighted by Crippen LogP contribution is -1.79. The van der Waals surface area contributed by atoms with Crippen LogP contribution in [0.5, 0.6) is 0 Å². The van der Waals surface area contributed by atoms with Crippen molar-refractivity contribution in [2.75, 3.05) is 0 Å². The molecule has 84 valence electrons. The van der Waals surface area contributed by atoms with Crippen LogP contribution < -0.4 is 0 Å². The monoisotopic (exact) mass is 280 g/mol. The molecule has 0 N–H and O–H groups in total. The summed E-state index contributed by atoms with van der Waals surface area (Å²) in [5.41, 5.74) is 2.12. The Kier molecular flexibility index (Phi) is 2.74. The van der Waals surface area contributed by atoms with Gasteiger partial charge in [-0.3, -0.25) is 0 Å². The van der Waals surface area contributed by atoms with Crippen LogP contribution in [-0.4, -0.2) is 9.97 Å². The number of thiophene rings is 1. The van der Waals surface area contributed by atoms with Gasteiger partial charge in [-0.15, -0.1) is 11.3 Å². The molecule has 0 aliphatic heterocycles. The van der Waals surface area contributed by atoms with Crippen molar-refractivity contribution < 1.29 is 0 Å². The fourth-order valence-corrected chi connectivity index (χ4v) is 2.85. The largest absolute Gasteiger partial charge is 0.244 e. The topological polar surface area (TPSA) is 25.8 Å². The van der Waals surface area contributed by atoms with E-state index < -0.39 is 0 Å². The second-order valence-corrected chi connectivity index (χ2v) is 5.19. The summed E-state index contributed by atoms with van der Waals surface area (Å²) >= 11 is 13.5. The van der Waals surface area contributed by atoms with Gasteiger partial charge in [0.1, 0.15) is 11.2 Å². The molecule has 17 heavy (non-hydrogen) atoms. The van der Waals surface area contributed by atoms with Crippen LogP contribution in [0.15, 0.2) is 36.1 Å². The van der Waals surface area contributed by atoms with E-state index in [1.807, 2.05) is 18.3 Å². The minimum atomic E-state index is 0.556. The average Bonchev–Trinajstić information content (AvgIpc) is 2.76. The molecule has 2 heterocycles. The highest BCUT2D eigenvalue weighted by atomic mass is 35.5. The van der Waals surface area contributed by atoms with Crippen LogP contribution >= 0.6 is 34.5 Å². The Bertz CT molecular complexity index is 694. The quantitative estimate of drug-likeness (QED) is 0.648. The summed E-state index contributed by atoms with van der Waals surface area (Å²) < 4.78 is 0. The van der Waals surface area contributed by atoms with E-state index >= 15 is 0 Å². The van der Waals surface area contributed by atoms with Crippen LogP contribution in [0.2, 0.25) is 10.0 Å². The maximum Gasteiger partial charge on any atom is 0.127 e. The zero-order chi connectivity index (χ0) is 11.8. The molecule has 0 aliphatic rings. The van der Waals surface area contributed by atoms with Gasteiger partial charge < -0.3 is 0 Å². The molecule has 0 spiro atoms. The Hall–Kier alpha value is -1.16. The number of nitrogens with zero attached hydrogens (tertiary/aromatic N) is 2. The number of rotatable bonds is 1. The van der Waals surface area contributed by atoms with Crippen LogP contribution in [0.25, 0.3) is 21.3 Å². The standard InChI is InChI=1S/C12H6Cl2N2S/c13-10-2-1-7(3-11(10)14)9-5-17-12-8(9)4-15-6-16-12/h1-6H. The van der Waals surface area contributed by atoms with E-state index in [-0.39, 0.29) is 0 Å². The molecule has 2 nitrogen and oxygen atoms in total. The number of fused-ring (bicyclic) bond motifs is 1. The van der Waals surface area contributed by atoms with E-state index in [0.717, 1.165) is 21.3 Å². The number of halogens is 2. The summed E-state index contributed by atoms with van der Waals surface area (Å²) in [4.78, 5) is 9.24. The molecule has 0 amide bonds. The van der Waals surface area contributed by atoms with Gasteiger partial charge in [-0.2, -0.15) is 0 Å². The Morgan fingerprint density at radius 1 is 1.12 bits per heavy atom.